The second kappa shape index (κ2) is 7.17. The first kappa shape index (κ1) is 13.8. The second-order valence-corrected chi connectivity index (χ2v) is 4.12. The first-order valence-corrected chi connectivity index (χ1v) is 5.99. The van der Waals surface area contributed by atoms with E-state index in [2.05, 4.69) is 10.6 Å². The molecule has 0 aliphatic rings. The lowest BCUT2D eigenvalue weighted by Gasteiger charge is -2.09. The van der Waals surface area contributed by atoms with Crippen LogP contribution in [0.4, 0.5) is 8.78 Å². The number of benzene rings is 1. The van der Waals surface area contributed by atoms with Gasteiger partial charge in [-0.15, -0.1) is 0 Å². The lowest BCUT2D eigenvalue weighted by molar-refractivity contribution is 0.579. The van der Waals surface area contributed by atoms with Crippen molar-refractivity contribution in [1.82, 2.24) is 10.6 Å². The number of hydrogen-bond acceptors (Lipinski definition) is 1. The topological polar surface area (TPSA) is 24.1 Å². The Labute approximate surface area is 105 Å². The van der Waals surface area contributed by atoms with Crippen molar-refractivity contribution in [2.45, 2.75) is 19.8 Å². The third-order valence-corrected chi connectivity index (χ3v) is 2.45. The van der Waals surface area contributed by atoms with Crippen LogP contribution in [0.5, 0.6) is 0 Å². The van der Waals surface area contributed by atoms with Crippen LogP contribution in [0.1, 0.15) is 18.9 Å². The van der Waals surface area contributed by atoms with E-state index in [0.29, 0.717) is 23.6 Å². The highest BCUT2D eigenvalue weighted by Crippen LogP contribution is 2.07. The number of thiocarbonyl (C=S) groups is 1. The van der Waals surface area contributed by atoms with Crippen LogP contribution < -0.4 is 10.6 Å². The SMILES string of the molecule is CCCNC(=S)NCCc1cc(F)cc(F)c1. The fraction of sp³-hybridized carbons (Fsp3) is 0.417. The Balaban J connectivity index is 2.33. The van der Waals surface area contributed by atoms with Crippen molar-refractivity contribution in [3.05, 3.63) is 35.4 Å². The first-order chi connectivity index (χ1) is 8.11. The van der Waals surface area contributed by atoms with Gasteiger partial charge in [-0.05, 0) is 42.8 Å². The average Bonchev–Trinajstić information content (AvgIpc) is 2.25. The highest BCUT2D eigenvalue weighted by molar-refractivity contribution is 7.80. The third-order valence-electron chi connectivity index (χ3n) is 2.16. The van der Waals surface area contributed by atoms with Gasteiger partial charge in [-0.1, -0.05) is 6.92 Å². The molecule has 0 saturated heterocycles. The molecule has 1 aromatic rings. The second-order valence-electron chi connectivity index (χ2n) is 3.71. The predicted octanol–water partition coefficient (Wildman–Crippen LogP) is 2.38. The van der Waals surface area contributed by atoms with Gasteiger partial charge in [-0.2, -0.15) is 0 Å². The molecule has 2 nitrogen and oxygen atoms in total. The molecule has 0 amide bonds. The highest BCUT2D eigenvalue weighted by Gasteiger charge is 2.01. The Kier molecular flexibility index (Phi) is 5.83. The van der Waals surface area contributed by atoms with Gasteiger partial charge in [0.05, 0.1) is 0 Å². The zero-order chi connectivity index (χ0) is 12.7. The van der Waals surface area contributed by atoms with E-state index in [1.165, 1.54) is 12.1 Å². The number of hydrogen-bond donors (Lipinski definition) is 2. The lowest BCUT2D eigenvalue weighted by Crippen LogP contribution is -2.36. The first-order valence-electron chi connectivity index (χ1n) is 5.58. The summed E-state index contributed by atoms with van der Waals surface area (Å²) in [7, 11) is 0. The van der Waals surface area contributed by atoms with Gasteiger partial charge in [0.25, 0.3) is 0 Å². The molecule has 0 aromatic heterocycles. The molecule has 0 bridgehead atoms. The largest absolute Gasteiger partial charge is 0.363 e. The Morgan fingerprint density at radius 2 is 1.71 bits per heavy atom. The van der Waals surface area contributed by atoms with Gasteiger partial charge in [0.15, 0.2) is 5.11 Å². The van der Waals surface area contributed by atoms with Gasteiger partial charge in [0.1, 0.15) is 11.6 Å². The molecule has 0 heterocycles. The molecule has 2 N–H and O–H groups in total. The van der Waals surface area contributed by atoms with Crippen molar-refractivity contribution < 1.29 is 8.78 Å². The van der Waals surface area contributed by atoms with E-state index in [9.17, 15) is 8.78 Å². The maximum absolute atomic E-state index is 12.9. The maximum atomic E-state index is 12.9. The number of halogens is 2. The average molecular weight is 258 g/mol. The minimum Gasteiger partial charge on any atom is -0.363 e. The van der Waals surface area contributed by atoms with Gasteiger partial charge >= 0.3 is 0 Å². The Morgan fingerprint density at radius 3 is 2.29 bits per heavy atom. The molecule has 0 aliphatic heterocycles. The zero-order valence-electron chi connectivity index (χ0n) is 9.72. The van der Waals surface area contributed by atoms with E-state index >= 15 is 0 Å². The van der Waals surface area contributed by atoms with Gasteiger partial charge in [-0.25, -0.2) is 8.78 Å². The van der Waals surface area contributed by atoms with Gasteiger partial charge in [-0.3, -0.25) is 0 Å². The van der Waals surface area contributed by atoms with E-state index in [1.54, 1.807) is 0 Å². The van der Waals surface area contributed by atoms with E-state index in [1.807, 2.05) is 6.92 Å². The molecule has 17 heavy (non-hydrogen) atoms. The van der Waals surface area contributed by atoms with Crippen LogP contribution in [0.2, 0.25) is 0 Å². The molecular weight excluding hydrogens is 242 g/mol. The van der Waals surface area contributed by atoms with Crippen LogP contribution in [0.3, 0.4) is 0 Å². The summed E-state index contributed by atoms with van der Waals surface area (Å²) in [6.07, 6.45) is 1.53. The smallest absolute Gasteiger partial charge is 0.166 e. The van der Waals surface area contributed by atoms with E-state index in [0.717, 1.165) is 19.0 Å². The fourth-order valence-corrected chi connectivity index (χ4v) is 1.58. The van der Waals surface area contributed by atoms with Gasteiger partial charge in [0.2, 0.25) is 0 Å². The van der Waals surface area contributed by atoms with Crippen LogP contribution in [0.25, 0.3) is 0 Å². The predicted molar refractivity (Wildman–Crippen MR) is 69.0 cm³/mol. The zero-order valence-corrected chi connectivity index (χ0v) is 10.5. The maximum Gasteiger partial charge on any atom is 0.166 e. The normalized spacial score (nSPS) is 10.1. The summed E-state index contributed by atoms with van der Waals surface area (Å²) >= 11 is 5.02. The molecule has 0 unspecified atom stereocenters. The Bertz CT molecular complexity index is 363. The van der Waals surface area contributed by atoms with Crippen LogP contribution in [-0.2, 0) is 6.42 Å². The summed E-state index contributed by atoms with van der Waals surface area (Å²) in [5, 5.41) is 6.57. The summed E-state index contributed by atoms with van der Waals surface area (Å²) < 4.78 is 25.8. The molecule has 1 rings (SSSR count). The van der Waals surface area contributed by atoms with E-state index in [-0.39, 0.29) is 0 Å². The van der Waals surface area contributed by atoms with Crippen molar-refractivity contribution in [3.63, 3.8) is 0 Å². The summed E-state index contributed by atoms with van der Waals surface area (Å²) in [6.45, 7) is 3.42. The fourth-order valence-electron chi connectivity index (χ4n) is 1.38. The van der Waals surface area contributed by atoms with Crippen LogP contribution >= 0.6 is 12.2 Å². The molecule has 0 radical (unpaired) electrons. The van der Waals surface area contributed by atoms with Crippen LogP contribution in [0, 0.1) is 11.6 Å². The molecule has 5 heteroatoms. The quantitative estimate of drug-likeness (QED) is 0.793. The van der Waals surface area contributed by atoms with Crippen molar-refractivity contribution in [1.29, 1.82) is 0 Å². The molecule has 0 aliphatic carbocycles. The van der Waals surface area contributed by atoms with E-state index < -0.39 is 11.6 Å². The molecule has 0 saturated carbocycles. The Morgan fingerprint density at radius 1 is 1.12 bits per heavy atom. The Hall–Kier alpha value is -1.23. The van der Waals surface area contributed by atoms with Crippen LogP contribution in [0.15, 0.2) is 18.2 Å². The highest BCUT2D eigenvalue weighted by atomic mass is 32.1. The third kappa shape index (κ3) is 5.58. The van der Waals surface area contributed by atoms with Crippen molar-refractivity contribution in [2.75, 3.05) is 13.1 Å². The number of nitrogens with one attached hydrogen (secondary N) is 2. The monoisotopic (exact) mass is 258 g/mol. The van der Waals surface area contributed by atoms with Crippen molar-refractivity contribution >= 4 is 17.3 Å². The summed E-state index contributed by atoms with van der Waals surface area (Å²) in [4.78, 5) is 0. The standard InChI is InChI=1S/C12H16F2N2S/c1-2-4-15-12(17)16-5-3-9-6-10(13)8-11(14)7-9/h6-8H,2-5H2,1H3,(H2,15,16,17). The minimum atomic E-state index is -0.549. The lowest BCUT2D eigenvalue weighted by atomic mass is 10.1. The summed E-state index contributed by atoms with van der Waals surface area (Å²) in [6, 6.07) is 3.52. The van der Waals surface area contributed by atoms with Gasteiger partial charge in [0, 0.05) is 19.2 Å². The molecule has 1 aromatic carbocycles. The molecular formula is C12H16F2N2S. The number of rotatable bonds is 5. The van der Waals surface area contributed by atoms with E-state index in [4.69, 9.17) is 12.2 Å². The van der Waals surface area contributed by atoms with Crippen LogP contribution in [-0.4, -0.2) is 18.2 Å². The molecule has 0 spiro atoms. The van der Waals surface area contributed by atoms with Crippen molar-refractivity contribution in [2.24, 2.45) is 0 Å². The minimum absolute atomic E-state index is 0.530. The summed E-state index contributed by atoms with van der Waals surface area (Å²) in [5.41, 5.74) is 0.619. The molecule has 0 atom stereocenters. The molecule has 0 fully saturated rings. The van der Waals surface area contributed by atoms with Crippen molar-refractivity contribution in [3.8, 4) is 0 Å². The summed E-state index contributed by atoms with van der Waals surface area (Å²) in [5.74, 6) is -1.10. The molecule has 94 valence electrons. The van der Waals surface area contributed by atoms with Gasteiger partial charge < -0.3 is 10.6 Å².